The van der Waals surface area contributed by atoms with Crippen molar-refractivity contribution in [2.75, 3.05) is 13.1 Å². The van der Waals surface area contributed by atoms with Gasteiger partial charge in [0.1, 0.15) is 0 Å². The normalized spacial score (nSPS) is 14.9. The highest BCUT2D eigenvalue weighted by Crippen LogP contribution is 2.26. The molecule has 0 aliphatic carbocycles. The predicted molar refractivity (Wildman–Crippen MR) is 64.9 cm³/mol. The number of hydrogen-bond acceptors (Lipinski definition) is 2. The summed E-state index contributed by atoms with van der Waals surface area (Å²) in [7, 11) is 0. The Morgan fingerprint density at radius 1 is 1.26 bits per heavy atom. The molecule has 0 saturated heterocycles. The Morgan fingerprint density at radius 2 is 1.84 bits per heavy atom. The van der Waals surface area contributed by atoms with Gasteiger partial charge in [0.05, 0.1) is 0 Å². The van der Waals surface area contributed by atoms with E-state index in [4.69, 9.17) is 5.11 Å². The van der Waals surface area contributed by atoms with Crippen LogP contribution in [0.1, 0.15) is 18.4 Å². The lowest BCUT2D eigenvalue weighted by molar-refractivity contribution is -0.192. The molecule has 1 aromatic carbocycles. The van der Waals surface area contributed by atoms with Crippen LogP contribution in [0.3, 0.4) is 0 Å². The fourth-order valence-electron chi connectivity index (χ4n) is 1.69. The first-order chi connectivity index (χ1) is 8.82. The van der Waals surface area contributed by atoms with Gasteiger partial charge in [0.25, 0.3) is 0 Å². The van der Waals surface area contributed by atoms with Crippen molar-refractivity contribution in [3.63, 3.8) is 0 Å². The van der Waals surface area contributed by atoms with Crippen molar-refractivity contribution in [1.82, 2.24) is 5.32 Å². The Balaban J connectivity index is 2.47. The van der Waals surface area contributed by atoms with E-state index in [2.05, 4.69) is 5.32 Å². The highest BCUT2D eigenvalue weighted by Gasteiger charge is 2.44. The number of benzene rings is 1. The lowest BCUT2D eigenvalue weighted by atomic mass is 10.0. The summed E-state index contributed by atoms with van der Waals surface area (Å²) in [4.78, 5) is 10.5. The molecular formula is C13H16F3NO2. The van der Waals surface area contributed by atoms with Crippen molar-refractivity contribution in [2.24, 2.45) is 5.92 Å². The van der Waals surface area contributed by atoms with Crippen LogP contribution in [-0.4, -0.2) is 30.3 Å². The van der Waals surface area contributed by atoms with Gasteiger partial charge in [-0.3, -0.25) is 4.79 Å². The van der Waals surface area contributed by atoms with E-state index in [0.717, 1.165) is 5.56 Å². The number of halogens is 3. The molecule has 0 saturated carbocycles. The van der Waals surface area contributed by atoms with Crippen LogP contribution in [0.15, 0.2) is 30.3 Å². The van der Waals surface area contributed by atoms with Crippen molar-refractivity contribution in [3.05, 3.63) is 35.9 Å². The first-order valence-corrected chi connectivity index (χ1v) is 5.87. The second kappa shape index (κ2) is 6.56. The zero-order valence-corrected chi connectivity index (χ0v) is 10.4. The van der Waals surface area contributed by atoms with Gasteiger partial charge in [-0.2, -0.15) is 13.2 Å². The van der Waals surface area contributed by atoms with Crippen LogP contribution >= 0.6 is 0 Å². The zero-order valence-electron chi connectivity index (χ0n) is 10.4. The molecule has 19 heavy (non-hydrogen) atoms. The summed E-state index contributed by atoms with van der Waals surface area (Å²) in [6.07, 6.45) is -4.73. The topological polar surface area (TPSA) is 49.3 Å². The monoisotopic (exact) mass is 275 g/mol. The molecule has 6 heteroatoms. The molecule has 1 aromatic rings. The average Bonchev–Trinajstić information content (AvgIpc) is 2.33. The third-order valence-electron chi connectivity index (χ3n) is 2.86. The summed E-state index contributed by atoms with van der Waals surface area (Å²) in [6.45, 7) is 1.55. The van der Waals surface area contributed by atoms with Crippen LogP contribution in [0, 0.1) is 5.92 Å². The number of carboxylic acids is 1. The number of alkyl halides is 3. The van der Waals surface area contributed by atoms with Crippen LogP contribution in [0.2, 0.25) is 0 Å². The Hall–Kier alpha value is -1.56. The molecular weight excluding hydrogens is 259 g/mol. The number of nitrogens with one attached hydrogen (secondary N) is 1. The highest BCUT2D eigenvalue weighted by atomic mass is 19.4. The maximum absolute atomic E-state index is 12.4. The number of carbonyl (C=O) groups is 1. The molecule has 3 nitrogen and oxygen atoms in total. The van der Waals surface area contributed by atoms with Gasteiger partial charge in [-0.05, 0) is 11.5 Å². The van der Waals surface area contributed by atoms with Gasteiger partial charge >= 0.3 is 12.1 Å². The second-order valence-corrected chi connectivity index (χ2v) is 4.40. The molecule has 0 fully saturated rings. The molecule has 0 radical (unpaired) electrons. The van der Waals surface area contributed by atoms with Gasteiger partial charge in [0.15, 0.2) is 5.92 Å². The molecule has 2 N–H and O–H groups in total. The fraction of sp³-hybridized carbons (Fsp3) is 0.462. The van der Waals surface area contributed by atoms with Gasteiger partial charge in [0.2, 0.25) is 0 Å². The summed E-state index contributed by atoms with van der Waals surface area (Å²) < 4.78 is 37.2. The molecule has 106 valence electrons. The van der Waals surface area contributed by atoms with Gasteiger partial charge in [-0.25, -0.2) is 0 Å². The first kappa shape index (κ1) is 15.5. The fourth-order valence-corrected chi connectivity index (χ4v) is 1.69. The summed E-state index contributed by atoms with van der Waals surface area (Å²) in [5, 5.41) is 11.1. The van der Waals surface area contributed by atoms with Crippen LogP contribution < -0.4 is 5.32 Å². The van der Waals surface area contributed by atoms with Crippen LogP contribution in [0.25, 0.3) is 0 Å². The lowest BCUT2D eigenvalue weighted by Crippen LogP contribution is -2.40. The van der Waals surface area contributed by atoms with E-state index in [0.29, 0.717) is 6.54 Å². The van der Waals surface area contributed by atoms with Gasteiger partial charge < -0.3 is 10.4 Å². The highest BCUT2D eigenvalue weighted by molar-refractivity contribution is 5.71. The summed E-state index contributed by atoms with van der Waals surface area (Å²) in [5.41, 5.74) is 0.994. The maximum Gasteiger partial charge on any atom is 0.403 e. The largest absolute Gasteiger partial charge is 0.481 e. The lowest BCUT2D eigenvalue weighted by Gasteiger charge is -2.18. The van der Waals surface area contributed by atoms with Crippen molar-refractivity contribution in [1.29, 1.82) is 0 Å². The number of aliphatic carboxylic acids is 1. The molecule has 2 atom stereocenters. The van der Waals surface area contributed by atoms with E-state index in [9.17, 15) is 18.0 Å². The SMILES string of the molecule is CC(CNCC(C(=O)O)C(F)(F)F)c1ccccc1. The van der Waals surface area contributed by atoms with Crippen LogP contribution in [0.4, 0.5) is 13.2 Å². The standard InChI is InChI=1S/C13H16F3NO2/c1-9(10-5-3-2-4-6-10)7-17-8-11(12(18)19)13(14,15)16/h2-6,9,11,17H,7-8H2,1H3,(H,18,19). The molecule has 0 aliphatic heterocycles. The number of rotatable bonds is 6. The number of hydrogen-bond donors (Lipinski definition) is 2. The molecule has 0 aliphatic rings. The smallest absolute Gasteiger partial charge is 0.403 e. The Morgan fingerprint density at radius 3 is 2.32 bits per heavy atom. The second-order valence-electron chi connectivity index (χ2n) is 4.40. The molecule has 0 aromatic heterocycles. The van der Waals surface area contributed by atoms with Crippen molar-refractivity contribution >= 4 is 5.97 Å². The van der Waals surface area contributed by atoms with Crippen LogP contribution in [-0.2, 0) is 4.79 Å². The van der Waals surface area contributed by atoms with Crippen molar-refractivity contribution in [3.8, 4) is 0 Å². The van der Waals surface area contributed by atoms with Gasteiger partial charge in [-0.15, -0.1) is 0 Å². The van der Waals surface area contributed by atoms with E-state index in [-0.39, 0.29) is 5.92 Å². The average molecular weight is 275 g/mol. The van der Waals surface area contributed by atoms with E-state index in [1.54, 1.807) is 0 Å². The van der Waals surface area contributed by atoms with E-state index < -0.39 is 24.6 Å². The van der Waals surface area contributed by atoms with Crippen molar-refractivity contribution in [2.45, 2.75) is 19.0 Å². The Labute approximate surface area is 109 Å². The molecule has 0 amide bonds. The van der Waals surface area contributed by atoms with E-state index in [1.165, 1.54) is 0 Å². The minimum absolute atomic E-state index is 0.0175. The predicted octanol–water partition coefficient (Wildman–Crippen LogP) is 2.64. The van der Waals surface area contributed by atoms with Gasteiger partial charge in [0, 0.05) is 13.1 Å². The summed E-state index contributed by atoms with van der Waals surface area (Å²) >= 11 is 0. The summed E-state index contributed by atoms with van der Waals surface area (Å²) in [5.74, 6) is -4.20. The molecule has 1 rings (SSSR count). The molecule has 0 bridgehead atoms. The summed E-state index contributed by atoms with van der Waals surface area (Å²) in [6, 6.07) is 9.31. The number of carboxylic acid groups (broad SMARTS) is 1. The third kappa shape index (κ3) is 4.90. The van der Waals surface area contributed by atoms with Crippen LogP contribution in [0.5, 0.6) is 0 Å². The van der Waals surface area contributed by atoms with E-state index >= 15 is 0 Å². The maximum atomic E-state index is 12.4. The molecule has 0 spiro atoms. The van der Waals surface area contributed by atoms with E-state index in [1.807, 2.05) is 37.3 Å². The van der Waals surface area contributed by atoms with Crippen molar-refractivity contribution < 1.29 is 23.1 Å². The molecule has 2 unspecified atom stereocenters. The third-order valence-corrected chi connectivity index (χ3v) is 2.86. The minimum Gasteiger partial charge on any atom is -0.481 e. The minimum atomic E-state index is -4.73. The molecule has 0 heterocycles. The Bertz CT molecular complexity index is 406. The van der Waals surface area contributed by atoms with Gasteiger partial charge in [-0.1, -0.05) is 37.3 Å². The quantitative estimate of drug-likeness (QED) is 0.839. The first-order valence-electron chi connectivity index (χ1n) is 5.87. The zero-order chi connectivity index (χ0) is 14.5. The Kier molecular flexibility index (Phi) is 5.35.